The first kappa shape index (κ1) is 19.9. The number of amides is 2. The van der Waals surface area contributed by atoms with Gasteiger partial charge in [-0.25, -0.2) is 0 Å². The standard InChI is InChI=1S/C27H34N2O3S/c30-23(29-27-11-16-4-17(12-27)8-19(27)7-16)22-20-1-2-32-13-21(20)33-24(22)28-25(31)26-9-14-3-15(10-26)6-18(26)5-14/h14-19H,1-13H2,(H,28,31)(H,29,30). The summed E-state index contributed by atoms with van der Waals surface area (Å²) in [6, 6.07) is 0. The molecule has 33 heavy (non-hydrogen) atoms. The molecule has 4 atom stereocenters. The van der Waals surface area contributed by atoms with Crippen molar-refractivity contribution in [3.8, 4) is 0 Å². The van der Waals surface area contributed by atoms with Gasteiger partial charge in [0.05, 0.1) is 24.2 Å². The quantitative estimate of drug-likeness (QED) is 0.664. The number of thiophene rings is 1. The molecule has 0 aromatic carbocycles. The Morgan fingerprint density at radius 1 is 0.879 bits per heavy atom. The number of nitrogens with one attached hydrogen (secondary N) is 2. The summed E-state index contributed by atoms with van der Waals surface area (Å²) >= 11 is 1.59. The molecule has 1 aliphatic heterocycles. The van der Waals surface area contributed by atoms with Crippen LogP contribution in [-0.2, 0) is 22.6 Å². The van der Waals surface area contributed by atoms with Crippen LogP contribution in [0.4, 0.5) is 5.00 Å². The smallest absolute Gasteiger partial charge is 0.255 e. The van der Waals surface area contributed by atoms with Crippen LogP contribution in [0.5, 0.6) is 0 Å². The molecule has 5 nitrogen and oxygen atoms in total. The number of carbonyl (C=O) groups is 2. The van der Waals surface area contributed by atoms with E-state index < -0.39 is 0 Å². The second-order valence-electron chi connectivity index (χ2n) is 12.8. The van der Waals surface area contributed by atoms with E-state index in [0.29, 0.717) is 25.0 Å². The van der Waals surface area contributed by atoms with E-state index in [1.54, 1.807) is 11.3 Å². The van der Waals surface area contributed by atoms with Crippen molar-refractivity contribution in [1.82, 2.24) is 5.32 Å². The van der Waals surface area contributed by atoms with Crippen molar-refractivity contribution in [1.29, 1.82) is 0 Å². The van der Waals surface area contributed by atoms with Gasteiger partial charge in [0.25, 0.3) is 5.91 Å². The van der Waals surface area contributed by atoms with Gasteiger partial charge in [-0.3, -0.25) is 9.59 Å². The second kappa shape index (κ2) is 6.63. The molecule has 2 N–H and O–H groups in total. The lowest BCUT2D eigenvalue weighted by molar-refractivity contribution is -0.127. The van der Waals surface area contributed by atoms with E-state index in [1.807, 2.05) is 0 Å². The molecule has 0 saturated heterocycles. The van der Waals surface area contributed by atoms with E-state index in [0.717, 1.165) is 76.8 Å². The van der Waals surface area contributed by atoms with Crippen LogP contribution in [0.25, 0.3) is 0 Å². The second-order valence-corrected chi connectivity index (χ2v) is 13.9. The fourth-order valence-corrected chi connectivity index (χ4v) is 11.4. The zero-order chi connectivity index (χ0) is 21.9. The molecule has 4 unspecified atom stereocenters. The molecule has 9 aliphatic rings. The molecule has 2 heterocycles. The molecular formula is C27H34N2O3S. The summed E-state index contributed by atoms with van der Waals surface area (Å²) in [4.78, 5) is 28.8. The molecule has 0 radical (unpaired) electrons. The third kappa shape index (κ3) is 2.68. The van der Waals surface area contributed by atoms with Gasteiger partial charge in [0.1, 0.15) is 5.00 Å². The summed E-state index contributed by atoms with van der Waals surface area (Å²) < 4.78 is 5.72. The Hall–Kier alpha value is -1.40. The average Bonchev–Trinajstić information content (AvgIpc) is 3.47. The van der Waals surface area contributed by atoms with Gasteiger partial charge in [-0.1, -0.05) is 0 Å². The highest BCUT2D eigenvalue weighted by Gasteiger charge is 2.62. The number of ether oxygens (including phenoxy) is 1. The summed E-state index contributed by atoms with van der Waals surface area (Å²) in [6.07, 6.45) is 13.0. The van der Waals surface area contributed by atoms with Crippen molar-refractivity contribution in [3.63, 3.8) is 0 Å². The molecule has 8 saturated carbocycles. The van der Waals surface area contributed by atoms with Gasteiger partial charge in [0.15, 0.2) is 0 Å². The predicted molar refractivity (Wildman–Crippen MR) is 126 cm³/mol. The maximum Gasteiger partial charge on any atom is 0.255 e. The lowest BCUT2D eigenvalue weighted by Gasteiger charge is -2.34. The normalized spacial score (nSPS) is 45.6. The summed E-state index contributed by atoms with van der Waals surface area (Å²) in [7, 11) is 0. The molecule has 1 aromatic rings. The maximum absolute atomic E-state index is 13.9. The molecule has 8 fully saturated rings. The Morgan fingerprint density at radius 3 is 2.27 bits per heavy atom. The molecule has 1 aromatic heterocycles. The summed E-state index contributed by atoms with van der Waals surface area (Å²) in [6.45, 7) is 1.22. The van der Waals surface area contributed by atoms with Crippen molar-refractivity contribution in [3.05, 3.63) is 16.0 Å². The zero-order valence-corrected chi connectivity index (χ0v) is 20.1. The van der Waals surface area contributed by atoms with Crippen LogP contribution in [0.2, 0.25) is 0 Å². The molecule has 8 aliphatic carbocycles. The summed E-state index contributed by atoms with van der Waals surface area (Å²) in [5.41, 5.74) is 1.72. The first-order chi connectivity index (χ1) is 16.0. The monoisotopic (exact) mass is 466 g/mol. The van der Waals surface area contributed by atoms with Crippen molar-refractivity contribution >= 4 is 28.2 Å². The average molecular weight is 467 g/mol. The van der Waals surface area contributed by atoms with Crippen LogP contribution >= 0.6 is 11.3 Å². The number of hydrogen-bond donors (Lipinski definition) is 2. The molecule has 6 heteroatoms. The van der Waals surface area contributed by atoms with Gasteiger partial charge in [-0.15, -0.1) is 11.3 Å². The summed E-state index contributed by atoms with van der Waals surface area (Å²) in [5, 5.41) is 7.74. The Morgan fingerprint density at radius 2 is 1.55 bits per heavy atom. The third-order valence-electron chi connectivity index (χ3n) is 11.1. The van der Waals surface area contributed by atoms with Crippen LogP contribution in [-0.4, -0.2) is 24.0 Å². The van der Waals surface area contributed by atoms with E-state index in [-0.39, 0.29) is 22.8 Å². The molecular weight excluding hydrogens is 432 g/mol. The molecule has 0 spiro atoms. The number of hydrogen-bond acceptors (Lipinski definition) is 4. The van der Waals surface area contributed by atoms with E-state index in [1.165, 1.54) is 38.5 Å². The van der Waals surface area contributed by atoms with Crippen LogP contribution < -0.4 is 10.6 Å². The minimum atomic E-state index is -0.176. The third-order valence-corrected chi connectivity index (χ3v) is 12.2. The molecule has 8 bridgehead atoms. The van der Waals surface area contributed by atoms with E-state index >= 15 is 0 Å². The Balaban J connectivity index is 1.11. The lowest BCUT2D eigenvalue weighted by atomic mass is 9.75. The first-order valence-corrected chi connectivity index (χ1v) is 14.2. The van der Waals surface area contributed by atoms with Crippen molar-refractivity contribution in [2.45, 2.75) is 82.8 Å². The topological polar surface area (TPSA) is 67.4 Å². The zero-order valence-electron chi connectivity index (χ0n) is 19.3. The van der Waals surface area contributed by atoms with Crippen molar-refractivity contribution < 1.29 is 14.3 Å². The van der Waals surface area contributed by atoms with Gasteiger partial charge in [-0.05, 0) is 112 Å². The van der Waals surface area contributed by atoms with Crippen LogP contribution in [0, 0.1) is 40.9 Å². The fraction of sp³-hybridized carbons (Fsp3) is 0.778. The maximum atomic E-state index is 13.9. The predicted octanol–water partition coefficient (Wildman–Crippen LogP) is 4.89. The van der Waals surface area contributed by atoms with Crippen molar-refractivity contribution in [2.75, 3.05) is 11.9 Å². The first-order valence-electron chi connectivity index (χ1n) is 13.4. The highest BCUT2D eigenvalue weighted by molar-refractivity contribution is 7.17. The SMILES string of the molecule is O=C(NC12CC3CC(CC1C3)C2)c1c(NC(=O)C23CC4CC(CC2C4)C3)sc2c1CCOC2. The van der Waals surface area contributed by atoms with Gasteiger partial charge in [-0.2, -0.15) is 0 Å². The Labute approximate surface area is 199 Å². The Bertz CT molecular complexity index is 1030. The van der Waals surface area contributed by atoms with Crippen molar-refractivity contribution in [2.24, 2.45) is 40.9 Å². The van der Waals surface area contributed by atoms with Crippen LogP contribution in [0.15, 0.2) is 0 Å². The van der Waals surface area contributed by atoms with Gasteiger partial charge in [0, 0.05) is 10.4 Å². The van der Waals surface area contributed by atoms with Gasteiger partial charge >= 0.3 is 0 Å². The van der Waals surface area contributed by atoms with Gasteiger partial charge < -0.3 is 15.4 Å². The largest absolute Gasteiger partial charge is 0.376 e. The van der Waals surface area contributed by atoms with E-state index in [9.17, 15) is 9.59 Å². The number of anilines is 1. The highest BCUT2D eigenvalue weighted by atomic mass is 32.1. The van der Waals surface area contributed by atoms with E-state index in [4.69, 9.17) is 4.74 Å². The number of carbonyl (C=O) groups excluding carboxylic acids is 2. The fourth-order valence-electron chi connectivity index (χ4n) is 10.2. The number of rotatable bonds is 4. The van der Waals surface area contributed by atoms with Crippen LogP contribution in [0.3, 0.4) is 0 Å². The minimum Gasteiger partial charge on any atom is -0.376 e. The van der Waals surface area contributed by atoms with Gasteiger partial charge in [0.2, 0.25) is 5.91 Å². The minimum absolute atomic E-state index is 0.00783. The lowest BCUT2D eigenvalue weighted by Crippen LogP contribution is -2.49. The molecule has 176 valence electrons. The highest BCUT2D eigenvalue weighted by Crippen LogP contribution is 2.66. The Kier molecular flexibility index (Phi) is 3.99. The number of fused-ring (bicyclic) bond motifs is 1. The van der Waals surface area contributed by atoms with Crippen LogP contribution in [0.1, 0.15) is 85.0 Å². The van der Waals surface area contributed by atoms with E-state index in [2.05, 4.69) is 10.6 Å². The summed E-state index contributed by atoms with van der Waals surface area (Å²) in [5.74, 6) is 4.57. The molecule has 2 amide bonds. The molecule has 10 rings (SSSR count).